The Balaban J connectivity index is 0.000000396. The van der Waals surface area contributed by atoms with Crippen LogP contribution in [0.4, 0.5) is 4.39 Å². The van der Waals surface area contributed by atoms with E-state index in [9.17, 15) is 4.39 Å². The van der Waals surface area contributed by atoms with Gasteiger partial charge in [0, 0.05) is 17.1 Å². The van der Waals surface area contributed by atoms with Crippen molar-refractivity contribution >= 4 is 10.9 Å². The first-order valence-electron chi connectivity index (χ1n) is 4.51. The van der Waals surface area contributed by atoms with Gasteiger partial charge in [-0.1, -0.05) is 26.0 Å². The molecule has 1 aromatic carbocycles. The Morgan fingerprint density at radius 2 is 1.92 bits per heavy atom. The molecule has 1 nitrogen and oxygen atoms in total. The molecule has 13 heavy (non-hydrogen) atoms. The van der Waals surface area contributed by atoms with Gasteiger partial charge in [-0.3, -0.25) is 0 Å². The van der Waals surface area contributed by atoms with Crippen molar-refractivity contribution in [2.24, 2.45) is 0 Å². The Labute approximate surface area is 77.6 Å². The van der Waals surface area contributed by atoms with E-state index in [0.29, 0.717) is 5.39 Å². The molecule has 0 fully saturated rings. The lowest BCUT2D eigenvalue weighted by atomic mass is 10.1. The molecule has 1 heterocycles. The number of halogens is 1. The van der Waals surface area contributed by atoms with E-state index >= 15 is 0 Å². The molecule has 2 aromatic rings. The summed E-state index contributed by atoms with van der Waals surface area (Å²) in [6.45, 7) is 5.90. The Bertz CT molecular complexity index is 390. The summed E-state index contributed by atoms with van der Waals surface area (Å²) in [5, 5.41) is 0.701. The molecule has 0 aliphatic rings. The number of aromatic amines is 1. The van der Waals surface area contributed by atoms with Crippen molar-refractivity contribution in [3.8, 4) is 0 Å². The Hall–Kier alpha value is -1.31. The fourth-order valence-corrected chi connectivity index (χ4v) is 1.32. The van der Waals surface area contributed by atoms with E-state index in [0.717, 1.165) is 11.1 Å². The fourth-order valence-electron chi connectivity index (χ4n) is 1.32. The van der Waals surface area contributed by atoms with Gasteiger partial charge in [0.25, 0.3) is 0 Å². The molecule has 1 N–H and O–H groups in total. The van der Waals surface area contributed by atoms with Crippen LogP contribution >= 0.6 is 0 Å². The van der Waals surface area contributed by atoms with E-state index in [1.807, 2.05) is 39.0 Å². The normalized spacial score (nSPS) is 9.54. The molecular formula is C11H14FN. The summed E-state index contributed by atoms with van der Waals surface area (Å²) in [5.41, 5.74) is 1.84. The smallest absolute Gasteiger partial charge is 0.148 e. The topological polar surface area (TPSA) is 15.8 Å². The van der Waals surface area contributed by atoms with Crippen molar-refractivity contribution in [3.05, 3.63) is 35.8 Å². The maximum Gasteiger partial charge on any atom is 0.148 e. The van der Waals surface area contributed by atoms with Gasteiger partial charge in [0.15, 0.2) is 0 Å². The zero-order valence-electron chi connectivity index (χ0n) is 8.19. The highest BCUT2D eigenvalue weighted by Gasteiger charge is 2.03. The van der Waals surface area contributed by atoms with Crippen LogP contribution in [0.2, 0.25) is 0 Å². The number of aryl methyl sites for hydroxylation is 1. The van der Waals surface area contributed by atoms with Crippen LogP contribution in [-0.2, 0) is 0 Å². The van der Waals surface area contributed by atoms with Gasteiger partial charge in [0.1, 0.15) is 5.82 Å². The number of hydrogen-bond acceptors (Lipinski definition) is 0. The van der Waals surface area contributed by atoms with Crippen LogP contribution in [0.25, 0.3) is 10.9 Å². The lowest BCUT2D eigenvalue weighted by molar-refractivity contribution is 0.639. The van der Waals surface area contributed by atoms with Gasteiger partial charge in [0.05, 0.1) is 0 Å². The van der Waals surface area contributed by atoms with Crippen LogP contribution in [0.15, 0.2) is 24.4 Å². The number of hydrogen-bond donors (Lipinski definition) is 1. The molecule has 0 atom stereocenters. The highest BCUT2D eigenvalue weighted by molar-refractivity contribution is 5.83. The summed E-state index contributed by atoms with van der Waals surface area (Å²) in [5.74, 6) is -0.168. The highest BCUT2D eigenvalue weighted by atomic mass is 19.1. The minimum absolute atomic E-state index is 0.168. The number of nitrogens with one attached hydrogen (secondary N) is 1. The molecule has 0 radical (unpaired) electrons. The molecule has 0 aliphatic carbocycles. The average molecular weight is 179 g/mol. The number of fused-ring (bicyclic) bond motifs is 1. The van der Waals surface area contributed by atoms with Crippen molar-refractivity contribution in [1.29, 1.82) is 0 Å². The van der Waals surface area contributed by atoms with Gasteiger partial charge in [-0.2, -0.15) is 0 Å². The third-order valence-corrected chi connectivity index (χ3v) is 1.87. The summed E-state index contributed by atoms with van der Waals surface area (Å²) >= 11 is 0. The Morgan fingerprint density at radius 3 is 2.54 bits per heavy atom. The first-order valence-corrected chi connectivity index (χ1v) is 4.51. The minimum Gasteiger partial charge on any atom is -0.359 e. The molecule has 2 rings (SSSR count). The van der Waals surface area contributed by atoms with E-state index in [2.05, 4.69) is 4.98 Å². The molecule has 0 saturated carbocycles. The first kappa shape index (κ1) is 9.78. The molecule has 2 heteroatoms. The maximum atomic E-state index is 13.0. The van der Waals surface area contributed by atoms with Crippen LogP contribution in [0.3, 0.4) is 0 Å². The average Bonchev–Trinajstić information content (AvgIpc) is 2.53. The second kappa shape index (κ2) is 4.08. The van der Waals surface area contributed by atoms with Crippen molar-refractivity contribution in [2.45, 2.75) is 20.8 Å². The summed E-state index contributed by atoms with van der Waals surface area (Å²) in [7, 11) is 0. The lowest BCUT2D eigenvalue weighted by Crippen LogP contribution is -1.75. The van der Waals surface area contributed by atoms with E-state index in [1.54, 1.807) is 0 Å². The monoisotopic (exact) mass is 179 g/mol. The summed E-state index contributed by atoms with van der Waals surface area (Å²) in [6, 6.07) is 5.68. The molecule has 0 spiro atoms. The highest BCUT2D eigenvalue weighted by Crippen LogP contribution is 2.19. The summed E-state index contributed by atoms with van der Waals surface area (Å²) in [4.78, 5) is 2.85. The van der Waals surface area contributed by atoms with E-state index in [1.165, 1.54) is 6.20 Å². The van der Waals surface area contributed by atoms with Crippen molar-refractivity contribution in [1.82, 2.24) is 4.98 Å². The Kier molecular flexibility index (Phi) is 3.07. The predicted octanol–water partition coefficient (Wildman–Crippen LogP) is 3.64. The number of benzene rings is 1. The molecule has 0 unspecified atom stereocenters. The van der Waals surface area contributed by atoms with E-state index in [4.69, 9.17) is 0 Å². The quantitative estimate of drug-likeness (QED) is 0.635. The molecular weight excluding hydrogens is 165 g/mol. The number of H-pyrrole nitrogens is 1. The van der Waals surface area contributed by atoms with Crippen LogP contribution in [-0.4, -0.2) is 4.98 Å². The molecule has 0 amide bonds. The zero-order valence-corrected chi connectivity index (χ0v) is 8.19. The van der Waals surface area contributed by atoms with Crippen molar-refractivity contribution in [3.63, 3.8) is 0 Å². The second-order valence-electron chi connectivity index (χ2n) is 2.63. The molecule has 1 aromatic heterocycles. The third-order valence-electron chi connectivity index (χ3n) is 1.87. The van der Waals surface area contributed by atoms with Crippen LogP contribution in [0.1, 0.15) is 19.4 Å². The van der Waals surface area contributed by atoms with Gasteiger partial charge in [0.2, 0.25) is 0 Å². The minimum atomic E-state index is -0.168. The zero-order chi connectivity index (χ0) is 9.84. The van der Waals surface area contributed by atoms with Crippen molar-refractivity contribution < 1.29 is 4.39 Å². The summed E-state index contributed by atoms with van der Waals surface area (Å²) < 4.78 is 13.0. The van der Waals surface area contributed by atoms with E-state index < -0.39 is 0 Å². The molecule has 0 bridgehead atoms. The van der Waals surface area contributed by atoms with Gasteiger partial charge < -0.3 is 4.98 Å². The van der Waals surface area contributed by atoms with Gasteiger partial charge >= 0.3 is 0 Å². The fraction of sp³-hybridized carbons (Fsp3) is 0.273. The van der Waals surface area contributed by atoms with Crippen molar-refractivity contribution in [2.75, 3.05) is 0 Å². The summed E-state index contributed by atoms with van der Waals surface area (Å²) in [6.07, 6.45) is 1.39. The SMILES string of the molecule is CC.Cc1cccc2[nH]cc(F)c12. The molecule has 70 valence electrons. The van der Waals surface area contributed by atoms with Gasteiger partial charge in [-0.05, 0) is 18.6 Å². The van der Waals surface area contributed by atoms with Crippen LogP contribution < -0.4 is 0 Å². The van der Waals surface area contributed by atoms with Gasteiger partial charge in [-0.15, -0.1) is 0 Å². The third kappa shape index (κ3) is 1.72. The number of aromatic nitrogens is 1. The lowest BCUT2D eigenvalue weighted by Gasteiger charge is -1.93. The standard InChI is InChI=1S/C9H8FN.C2H6/c1-6-3-2-4-8-9(6)7(10)5-11-8;1-2/h2-5,11H,1H3;1-2H3. The molecule has 0 aliphatic heterocycles. The second-order valence-corrected chi connectivity index (χ2v) is 2.63. The molecule has 0 saturated heterocycles. The Morgan fingerprint density at radius 1 is 1.23 bits per heavy atom. The number of rotatable bonds is 0. The van der Waals surface area contributed by atoms with Crippen LogP contribution in [0, 0.1) is 12.7 Å². The predicted molar refractivity (Wildman–Crippen MR) is 54.3 cm³/mol. The van der Waals surface area contributed by atoms with Crippen LogP contribution in [0.5, 0.6) is 0 Å². The van der Waals surface area contributed by atoms with Gasteiger partial charge in [-0.25, -0.2) is 4.39 Å². The first-order chi connectivity index (χ1) is 6.29. The maximum absolute atomic E-state index is 13.0. The largest absolute Gasteiger partial charge is 0.359 e. The van der Waals surface area contributed by atoms with E-state index in [-0.39, 0.29) is 5.82 Å².